The molecule has 1 saturated heterocycles. The van der Waals surface area contributed by atoms with Gasteiger partial charge in [-0.2, -0.15) is 0 Å². The van der Waals surface area contributed by atoms with Gasteiger partial charge < -0.3 is 4.90 Å². The Morgan fingerprint density at radius 1 is 1.26 bits per heavy atom. The number of likely N-dealkylation sites (N-methyl/N-ethyl adjacent to an activating group) is 1. The Labute approximate surface area is 112 Å². The molecule has 102 valence electrons. The standard InChI is InChI=1S/C13H16N2O3S/c1-14-11-6-4-3-5-10(11)13(12(14)16)7-8-15(9-13)19(2,17)18/h3-6H,7-9H2,1-2H3. The quantitative estimate of drug-likeness (QED) is 0.755. The van der Waals surface area contributed by atoms with E-state index in [1.807, 2.05) is 24.3 Å². The first-order valence-corrected chi connectivity index (χ1v) is 8.04. The Morgan fingerprint density at radius 2 is 1.95 bits per heavy atom. The number of sulfonamides is 1. The first kappa shape index (κ1) is 12.6. The number of carbonyl (C=O) groups excluding carboxylic acids is 1. The molecule has 2 aliphatic heterocycles. The van der Waals surface area contributed by atoms with Gasteiger partial charge in [0.15, 0.2) is 0 Å². The van der Waals surface area contributed by atoms with Crippen molar-refractivity contribution in [3.63, 3.8) is 0 Å². The summed E-state index contributed by atoms with van der Waals surface area (Å²) in [5.41, 5.74) is 1.16. The van der Waals surface area contributed by atoms with Gasteiger partial charge in [0.2, 0.25) is 15.9 Å². The number of rotatable bonds is 1. The van der Waals surface area contributed by atoms with Gasteiger partial charge in [-0.05, 0) is 18.1 Å². The summed E-state index contributed by atoms with van der Waals surface area (Å²) in [5.74, 6) is -0.000139. The molecule has 1 aromatic carbocycles. The first-order chi connectivity index (χ1) is 8.86. The molecule has 1 atom stereocenters. The zero-order valence-corrected chi connectivity index (χ0v) is 11.8. The van der Waals surface area contributed by atoms with Crippen LogP contribution >= 0.6 is 0 Å². The van der Waals surface area contributed by atoms with E-state index in [2.05, 4.69) is 0 Å². The third kappa shape index (κ3) is 1.63. The summed E-state index contributed by atoms with van der Waals surface area (Å²) in [6, 6.07) is 7.63. The molecule has 3 rings (SSSR count). The fourth-order valence-corrected chi connectivity index (χ4v) is 4.05. The summed E-state index contributed by atoms with van der Waals surface area (Å²) in [4.78, 5) is 14.2. The van der Waals surface area contributed by atoms with Gasteiger partial charge >= 0.3 is 0 Å². The van der Waals surface area contributed by atoms with Crippen molar-refractivity contribution in [3.8, 4) is 0 Å². The molecular weight excluding hydrogens is 264 g/mol. The van der Waals surface area contributed by atoms with E-state index in [1.165, 1.54) is 10.6 Å². The number of nitrogens with zero attached hydrogens (tertiary/aromatic N) is 2. The zero-order valence-electron chi connectivity index (χ0n) is 11.0. The maximum atomic E-state index is 12.6. The Kier molecular flexibility index (Phi) is 2.53. The molecule has 5 nitrogen and oxygen atoms in total. The van der Waals surface area contributed by atoms with Gasteiger partial charge in [0.1, 0.15) is 0 Å². The summed E-state index contributed by atoms with van der Waals surface area (Å²) >= 11 is 0. The van der Waals surface area contributed by atoms with Crippen molar-refractivity contribution in [2.45, 2.75) is 11.8 Å². The molecule has 1 aromatic rings. The van der Waals surface area contributed by atoms with Crippen LogP contribution in [-0.2, 0) is 20.2 Å². The van der Waals surface area contributed by atoms with Crippen molar-refractivity contribution in [3.05, 3.63) is 29.8 Å². The normalized spacial score (nSPS) is 27.3. The Bertz CT molecular complexity index is 656. The van der Waals surface area contributed by atoms with Crippen molar-refractivity contribution < 1.29 is 13.2 Å². The van der Waals surface area contributed by atoms with Crippen molar-refractivity contribution >= 4 is 21.6 Å². The number of fused-ring (bicyclic) bond motifs is 2. The highest BCUT2D eigenvalue weighted by molar-refractivity contribution is 7.88. The smallest absolute Gasteiger partial charge is 0.238 e. The van der Waals surface area contributed by atoms with Crippen LogP contribution in [-0.4, -0.2) is 45.0 Å². The molecule has 0 bridgehead atoms. The molecule has 0 N–H and O–H groups in total. The van der Waals surface area contributed by atoms with Crippen LogP contribution in [0.3, 0.4) is 0 Å². The van der Waals surface area contributed by atoms with Crippen LogP contribution in [0.5, 0.6) is 0 Å². The second-order valence-corrected chi connectivity index (χ2v) is 7.29. The van der Waals surface area contributed by atoms with E-state index in [0.717, 1.165) is 11.3 Å². The average Bonchev–Trinajstić information content (AvgIpc) is 2.89. The van der Waals surface area contributed by atoms with Gasteiger partial charge in [-0.15, -0.1) is 0 Å². The van der Waals surface area contributed by atoms with E-state index in [-0.39, 0.29) is 12.5 Å². The minimum Gasteiger partial charge on any atom is -0.314 e. The minimum atomic E-state index is -3.25. The van der Waals surface area contributed by atoms with E-state index >= 15 is 0 Å². The summed E-state index contributed by atoms with van der Waals surface area (Å²) in [6.07, 6.45) is 1.75. The molecular formula is C13H16N2O3S. The van der Waals surface area contributed by atoms with Gasteiger partial charge in [-0.3, -0.25) is 4.79 Å². The number of amides is 1. The monoisotopic (exact) mass is 280 g/mol. The summed E-state index contributed by atoms with van der Waals surface area (Å²) in [5, 5.41) is 0. The second kappa shape index (κ2) is 3.80. The van der Waals surface area contributed by atoms with Crippen LogP contribution in [0, 0.1) is 0 Å². The Balaban J connectivity index is 2.10. The summed E-state index contributed by atoms with van der Waals surface area (Å²) < 4.78 is 24.8. The Hall–Kier alpha value is -1.40. The van der Waals surface area contributed by atoms with Crippen molar-refractivity contribution in [1.82, 2.24) is 4.31 Å². The molecule has 1 unspecified atom stereocenters. The number of carbonyl (C=O) groups is 1. The van der Waals surface area contributed by atoms with Crippen molar-refractivity contribution in [2.24, 2.45) is 0 Å². The first-order valence-electron chi connectivity index (χ1n) is 6.19. The predicted octanol–water partition coefficient (Wildman–Crippen LogP) is 0.566. The number of para-hydroxylation sites is 1. The van der Waals surface area contributed by atoms with Crippen LogP contribution in [0.1, 0.15) is 12.0 Å². The van der Waals surface area contributed by atoms with Crippen molar-refractivity contribution in [1.29, 1.82) is 0 Å². The number of anilines is 1. The van der Waals surface area contributed by atoms with Gasteiger partial charge in [0, 0.05) is 25.8 Å². The van der Waals surface area contributed by atoms with E-state index in [1.54, 1.807) is 11.9 Å². The van der Waals surface area contributed by atoms with Crippen LogP contribution in [0.4, 0.5) is 5.69 Å². The maximum Gasteiger partial charge on any atom is 0.238 e. The molecule has 0 aromatic heterocycles. The van der Waals surface area contributed by atoms with Gasteiger partial charge in [0.25, 0.3) is 0 Å². The molecule has 6 heteroatoms. The molecule has 0 radical (unpaired) electrons. The fraction of sp³-hybridized carbons (Fsp3) is 0.462. The van der Waals surface area contributed by atoms with Crippen molar-refractivity contribution in [2.75, 3.05) is 31.3 Å². The maximum absolute atomic E-state index is 12.6. The van der Waals surface area contributed by atoms with Crippen LogP contribution in [0.25, 0.3) is 0 Å². The second-order valence-electron chi connectivity index (χ2n) is 5.31. The summed E-state index contributed by atoms with van der Waals surface area (Å²) in [7, 11) is -1.50. The van der Waals surface area contributed by atoms with E-state index < -0.39 is 15.4 Å². The predicted molar refractivity (Wildman–Crippen MR) is 72.6 cm³/mol. The third-order valence-electron chi connectivity index (χ3n) is 4.20. The van der Waals surface area contributed by atoms with Gasteiger partial charge in [-0.1, -0.05) is 18.2 Å². The van der Waals surface area contributed by atoms with E-state index in [0.29, 0.717) is 13.0 Å². The molecule has 2 heterocycles. The molecule has 2 aliphatic rings. The Morgan fingerprint density at radius 3 is 2.58 bits per heavy atom. The number of hydrogen-bond donors (Lipinski definition) is 0. The number of hydrogen-bond acceptors (Lipinski definition) is 3. The lowest BCUT2D eigenvalue weighted by Crippen LogP contribution is -2.41. The SMILES string of the molecule is CN1C(=O)C2(CCN(S(C)(=O)=O)C2)c2ccccc21. The third-order valence-corrected chi connectivity index (χ3v) is 5.45. The highest BCUT2D eigenvalue weighted by atomic mass is 32.2. The van der Waals surface area contributed by atoms with E-state index in [9.17, 15) is 13.2 Å². The molecule has 1 amide bonds. The lowest BCUT2D eigenvalue weighted by molar-refractivity contribution is -0.122. The summed E-state index contributed by atoms with van der Waals surface area (Å²) in [6.45, 7) is 0.665. The lowest BCUT2D eigenvalue weighted by atomic mass is 9.81. The van der Waals surface area contributed by atoms with Crippen LogP contribution in [0.2, 0.25) is 0 Å². The molecule has 0 aliphatic carbocycles. The fourth-order valence-electron chi connectivity index (χ4n) is 3.17. The average molecular weight is 280 g/mol. The largest absolute Gasteiger partial charge is 0.314 e. The van der Waals surface area contributed by atoms with E-state index in [4.69, 9.17) is 0 Å². The zero-order chi connectivity index (χ0) is 13.8. The topological polar surface area (TPSA) is 57.7 Å². The van der Waals surface area contributed by atoms with Crippen LogP contribution < -0.4 is 4.90 Å². The minimum absolute atomic E-state index is 0.000139. The highest BCUT2D eigenvalue weighted by Crippen LogP contribution is 2.46. The number of benzene rings is 1. The van der Waals surface area contributed by atoms with Crippen LogP contribution in [0.15, 0.2) is 24.3 Å². The lowest BCUT2D eigenvalue weighted by Gasteiger charge is -2.22. The van der Waals surface area contributed by atoms with Gasteiger partial charge in [0.05, 0.1) is 11.7 Å². The highest BCUT2D eigenvalue weighted by Gasteiger charge is 2.54. The molecule has 19 heavy (non-hydrogen) atoms. The molecule has 1 spiro atoms. The molecule has 1 fully saturated rings. The van der Waals surface area contributed by atoms with Gasteiger partial charge in [-0.25, -0.2) is 12.7 Å². The molecule has 0 saturated carbocycles.